The summed E-state index contributed by atoms with van der Waals surface area (Å²) < 4.78 is 44.6. The molecular formula is C23H34N2O8S. The third kappa shape index (κ3) is 6.32. The van der Waals surface area contributed by atoms with Crippen LogP contribution < -0.4 is 14.2 Å². The summed E-state index contributed by atoms with van der Waals surface area (Å²) in [5, 5.41) is 0. The van der Waals surface area contributed by atoms with Crippen LogP contribution in [0, 0.1) is 0 Å². The highest BCUT2D eigenvalue weighted by Gasteiger charge is 2.31. The van der Waals surface area contributed by atoms with Crippen molar-refractivity contribution in [2.75, 3.05) is 59.0 Å². The zero-order valence-electron chi connectivity index (χ0n) is 20.2. The summed E-state index contributed by atoms with van der Waals surface area (Å²) in [7, 11) is 1.50. The molecule has 0 saturated carbocycles. The van der Waals surface area contributed by atoms with Crippen LogP contribution in [0.4, 0.5) is 0 Å². The summed E-state index contributed by atoms with van der Waals surface area (Å²) in [6.07, 6.45) is 1.10. The molecule has 0 N–H and O–H groups in total. The zero-order valence-corrected chi connectivity index (χ0v) is 21.1. The number of amides is 1. The molecule has 1 atom stereocenters. The Morgan fingerprint density at radius 2 is 1.53 bits per heavy atom. The smallest absolute Gasteiger partial charge is 0.338 e. The molecule has 10 nitrogen and oxygen atoms in total. The minimum absolute atomic E-state index is 0.0649. The standard InChI is InChI=1S/C23H34N2O8S/c1-16(33-23(27)17-14-19(30-2)22(32-4)20(15-17)31-3)13-21(26)25-7-5-18(6-8-25)24-9-11-34(28,29)12-10-24/h14-16,18H,5-13H2,1-4H3. The number of piperidine rings is 1. The van der Waals surface area contributed by atoms with Crippen molar-refractivity contribution in [2.24, 2.45) is 0 Å². The van der Waals surface area contributed by atoms with Gasteiger partial charge in [0.2, 0.25) is 11.7 Å². The van der Waals surface area contributed by atoms with E-state index in [9.17, 15) is 18.0 Å². The summed E-state index contributed by atoms with van der Waals surface area (Å²) in [6.45, 7) is 4.04. The fourth-order valence-electron chi connectivity index (χ4n) is 4.44. The first-order chi connectivity index (χ1) is 16.2. The Labute approximate surface area is 201 Å². The maximum atomic E-state index is 12.8. The largest absolute Gasteiger partial charge is 0.493 e. The highest BCUT2D eigenvalue weighted by atomic mass is 32.2. The van der Waals surface area contributed by atoms with E-state index in [4.69, 9.17) is 18.9 Å². The third-order valence-corrected chi connectivity index (χ3v) is 7.99. The maximum Gasteiger partial charge on any atom is 0.338 e. The summed E-state index contributed by atoms with van der Waals surface area (Å²) in [4.78, 5) is 29.4. The van der Waals surface area contributed by atoms with Gasteiger partial charge in [-0.3, -0.25) is 9.69 Å². The lowest BCUT2D eigenvalue weighted by Crippen LogP contribution is -2.51. The number of benzene rings is 1. The Morgan fingerprint density at radius 1 is 0.971 bits per heavy atom. The second-order valence-electron chi connectivity index (χ2n) is 8.63. The van der Waals surface area contributed by atoms with Crippen LogP contribution >= 0.6 is 0 Å². The molecule has 34 heavy (non-hydrogen) atoms. The summed E-state index contributed by atoms with van der Waals surface area (Å²) in [5.41, 5.74) is 0.234. The first-order valence-electron chi connectivity index (χ1n) is 11.4. The predicted octanol–water partition coefficient (Wildman–Crippen LogP) is 1.37. The topological polar surface area (TPSA) is 112 Å². The van der Waals surface area contributed by atoms with E-state index in [1.165, 1.54) is 33.5 Å². The molecule has 11 heteroatoms. The Balaban J connectivity index is 1.50. The van der Waals surface area contributed by atoms with Crippen molar-refractivity contribution in [1.82, 2.24) is 9.80 Å². The van der Waals surface area contributed by atoms with E-state index in [2.05, 4.69) is 4.90 Å². The Hall–Kier alpha value is -2.53. The molecule has 0 spiro atoms. The van der Waals surface area contributed by atoms with Crippen LogP contribution in [0.3, 0.4) is 0 Å². The molecule has 2 fully saturated rings. The summed E-state index contributed by atoms with van der Waals surface area (Å²) in [5.74, 6) is 0.822. The highest BCUT2D eigenvalue weighted by Crippen LogP contribution is 2.38. The molecule has 190 valence electrons. The van der Waals surface area contributed by atoms with Gasteiger partial charge in [0.15, 0.2) is 21.3 Å². The molecule has 3 rings (SSSR count). The molecule has 1 amide bonds. The highest BCUT2D eigenvalue weighted by molar-refractivity contribution is 7.91. The van der Waals surface area contributed by atoms with Gasteiger partial charge >= 0.3 is 5.97 Å². The lowest BCUT2D eigenvalue weighted by Gasteiger charge is -2.40. The van der Waals surface area contributed by atoms with Crippen molar-refractivity contribution >= 4 is 21.7 Å². The molecule has 0 radical (unpaired) electrons. The molecule has 1 aromatic rings. The Kier molecular flexibility index (Phi) is 8.64. The quantitative estimate of drug-likeness (QED) is 0.491. The Bertz CT molecular complexity index is 950. The van der Waals surface area contributed by atoms with Crippen LogP contribution in [0.1, 0.15) is 36.5 Å². The minimum Gasteiger partial charge on any atom is -0.493 e. The molecule has 2 aliphatic heterocycles. The number of nitrogens with zero attached hydrogens (tertiary/aromatic N) is 2. The van der Waals surface area contributed by atoms with Crippen molar-refractivity contribution < 1.29 is 37.0 Å². The SMILES string of the molecule is COc1cc(C(=O)OC(C)CC(=O)N2CCC(N3CCS(=O)(=O)CC3)CC2)cc(OC)c1OC. The van der Waals surface area contributed by atoms with Gasteiger partial charge in [0.05, 0.1) is 44.8 Å². The monoisotopic (exact) mass is 498 g/mol. The lowest BCUT2D eigenvalue weighted by molar-refractivity contribution is -0.134. The number of methoxy groups -OCH3 is 3. The molecule has 0 aromatic heterocycles. The van der Waals surface area contributed by atoms with Crippen LogP contribution in [0.5, 0.6) is 17.2 Å². The summed E-state index contributed by atoms with van der Waals surface area (Å²) >= 11 is 0. The van der Waals surface area contributed by atoms with Crippen LogP contribution in [-0.2, 0) is 19.4 Å². The van der Waals surface area contributed by atoms with Gasteiger partial charge in [-0.1, -0.05) is 0 Å². The van der Waals surface area contributed by atoms with Gasteiger partial charge in [-0.15, -0.1) is 0 Å². The van der Waals surface area contributed by atoms with E-state index < -0.39 is 21.9 Å². The second-order valence-corrected chi connectivity index (χ2v) is 10.9. The van der Waals surface area contributed by atoms with Crippen molar-refractivity contribution in [1.29, 1.82) is 0 Å². The second kappa shape index (κ2) is 11.3. The molecule has 1 aromatic carbocycles. The van der Waals surface area contributed by atoms with E-state index in [0.717, 1.165) is 12.8 Å². The summed E-state index contributed by atoms with van der Waals surface area (Å²) in [6, 6.07) is 3.32. The molecule has 1 unspecified atom stereocenters. The average Bonchev–Trinajstić information content (AvgIpc) is 2.82. The van der Waals surface area contributed by atoms with Gasteiger partial charge in [-0.25, -0.2) is 13.2 Å². The minimum atomic E-state index is -2.90. The third-order valence-electron chi connectivity index (χ3n) is 6.38. The fourth-order valence-corrected chi connectivity index (χ4v) is 5.67. The number of rotatable bonds is 8. The average molecular weight is 499 g/mol. The number of carbonyl (C=O) groups is 2. The van der Waals surface area contributed by atoms with Gasteiger partial charge in [0, 0.05) is 32.2 Å². The fraction of sp³-hybridized carbons (Fsp3) is 0.652. The van der Waals surface area contributed by atoms with E-state index in [1.807, 2.05) is 0 Å². The van der Waals surface area contributed by atoms with Crippen LogP contribution in [0.25, 0.3) is 0 Å². The number of hydrogen-bond acceptors (Lipinski definition) is 9. The molecule has 2 heterocycles. The first kappa shape index (κ1) is 26.1. The van der Waals surface area contributed by atoms with Crippen molar-refractivity contribution in [3.05, 3.63) is 17.7 Å². The van der Waals surface area contributed by atoms with Gasteiger partial charge in [-0.2, -0.15) is 0 Å². The van der Waals surface area contributed by atoms with Gasteiger partial charge in [-0.05, 0) is 31.9 Å². The molecular weight excluding hydrogens is 464 g/mol. The van der Waals surface area contributed by atoms with Crippen LogP contribution in [0.2, 0.25) is 0 Å². The lowest BCUT2D eigenvalue weighted by atomic mass is 10.0. The molecule has 2 aliphatic rings. The number of esters is 1. The van der Waals surface area contributed by atoms with Gasteiger partial charge in [0.25, 0.3) is 0 Å². The van der Waals surface area contributed by atoms with Crippen molar-refractivity contribution in [3.63, 3.8) is 0 Å². The van der Waals surface area contributed by atoms with Crippen molar-refractivity contribution in [3.8, 4) is 17.2 Å². The number of sulfone groups is 1. The predicted molar refractivity (Wildman–Crippen MR) is 125 cm³/mol. The number of hydrogen-bond donors (Lipinski definition) is 0. The number of ether oxygens (including phenoxy) is 4. The maximum absolute atomic E-state index is 12.8. The normalized spacial score (nSPS) is 19.8. The van der Waals surface area contributed by atoms with Gasteiger partial charge < -0.3 is 23.8 Å². The first-order valence-corrected chi connectivity index (χ1v) is 13.2. The molecule has 2 saturated heterocycles. The van der Waals surface area contributed by atoms with Crippen molar-refractivity contribution in [2.45, 2.75) is 38.3 Å². The molecule has 0 bridgehead atoms. The number of carbonyl (C=O) groups excluding carboxylic acids is 2. The van der Waals surface area contributed by atoms with E-state index >= 15 is 0 Å². The number of likely N-dealkylation sites (tertiary alicyclic amines) is 1. The zero-order chi connectivity index (χ0) is 24.9. The van der Waals surface area contributed by atoms with Gasteiger partial charge in [0.1, 0.15) is 6.10 Å². The van der Waals surface area contributed by atoms with Crippen LogP contribution in [-0.4, -0.2) is 101 Å². The molecule has 0 aliphatic carbocycles. The van der Waals surface area contributed by atoms with E-state index in [-0.39, 0.29) is 29.4 Å². The Morgan fingerprint density at radius 3 is 2.03 bits per heavy atom. The van der Waals surface area contributed by atoms with E-state index in [1.54, 1.807) is 11.8 Å². The van der Waals surface area contributed by atoms with Crippen LogP contribution in [0.15, 0.2) is 12.1 Å². The van der Waals surface area contributed by atoms with E-state index in [0.29, 0.717) is 49.5 Å².